The van der Waals surface area contributed by atoms with Crippen molar-refractivity contribution in [2.75, 3.05) is 25.9 Å². The molecule has 42 heavy (non-hydrogen) atoms. The van der Waals surface area contributed by atoms with Gasteiger partial charge >= 0.3 is 0 Å². The molecule has 1 saturated heterocycles. The van der Waals surface area contributed by atoms with Gasteiger partial charge in [0.1, 0.15) is 17.4 Å². The fraction of sp³-hybridized carbons (Fsp3) is 0.419. The third-order valence-electron chi connectivity index (χ3n) is 8.51. The number of hydrogen-bond acceptors (Lipinski definition) is 7. The molecule has 11 heteroatoms. The Bertz CT molecular complexity index is 1570. The van der Waals surface area contributed by atoms with Gasteiger partial charge in [-0.1, -0.05) is 36.8 Å². The Balaban J connectivity index is 1.27. The molecule has 2 fully saturated rings. The minimum Gasteiger partial charge on any atom is -0.480 e. The molecule has 220 valence electrons. The van der Waals surface area contributed by atoms with Gasteiger partial charge in [0.25, 0.3) is 11.8 Å². The van der Waals surface area contributed by atoms with E-state index in [0.29, 0.717) is 40.6 Å². The van der Waals surface area contributed by atoms with Crippen LogP contribution in [-0.4, -0.2) is 62.6 Å². The summed E-state index contributed by atoms with van der Waals surface area (Å²) in [6, 6.07) is 14.1. The second kappa shape index (κ2) is 11.6. The fourth-order valence-corrected chi connectivity index (χ4v) is 6.28. The molecule has 0 radical (unpaired) electrons. The lowest BCUT2D eigenvalue weighted by Gasteiger charge is -2.31. The number of pyridine rings is 1. The van der Waals surface area contributed by atoms with E-state index in [1.807, 2.05) is 17.0 Å². The molecule has 1 amide bonds. The van der Waals surface area contributed by atoms with Gasteiger partial charge in [0, 0.05) is 50.3 Å². The van der Waals surface area contributed by atoms with E-state index < -0.39 is 5.92 Å². The number of nitrogen functional groups attached to an aromatic ring is 1. The number of ether oxygens (including phenoxy) is 1. The molecular formula is C31H35F2N7O2. The maximum Gasteiger partial charge on any atom is 0.257 e. The van der Waals surface area contributed by atoms with Crippen molar-refractivity contribution < 1.29 is 18.3 Å². The first kappa shape index (κ1) is 28.0. The number of piperidine rings is 1. The maximum absolute atomic E-state index is 13.7. The van der Waals surface area contributed by atoms with Gasteiger partial charge in [-0.05, 0) is 48.4 Å². The molecule has 1 aliphatic carbocycles. The van der Waals surface area contributed by atoms with Crippen LogP contribution in [0.15, 0.2) is 55.0 Å². The van der Waals surface area contributed by atoms with Gasteiger partial charge in [-0.25, -0.2) is 23.3 Å². The highest BCUT2D eigenvalue weighted by Crippen LogP contribution is 2.35. The van der Waals surface area contributed by atoms with Gasteiger partial charge in [-0.3, -0.25) is 9.69 Å². The number of benzene rings is 1. The first-order valence-electron chi connectivity index (χ1n) is 14.4. The van der Waals surface area contributed by atoms with Crippen LogP contribution in [0.1, 0.15) is 65.9 Å². The average Bonchev–Trinajstić information content (AvgIpc) is 3.38. The van der Waals surface area contributed by atoms with Gasteiger partial charge in [0.15, 0.2) is 5.82 Å². The zero-order chi connectivity index (χ0) is 29.3. The van der Waals surface area contributed by atoms with Gasteiger partial charge in [-0.15, -0.1) is 0 Å². The summed E-state index contributed by atoms with van der Waals surface area (Å²) in [4.78, 5) is 24.2. The van der Waals surface area contributed by atoms with E-state index in [4.69, 9.17) is 10.5 Å². The Morgan fingerprint density at radius 2 is 1.93 bits per heavy atom. The third-order valence-corrected chi connectivity index (χ3v) is 8.51. The van der Waals surface area contributed by atoms with E-state index >= 15 is 0 Å². The van der Waals surface area contributed by atoms with Crippen molar-refractivity contribution >= 4 is 17.2 Å². The number of nitrogens with zero attached hydrogens (tertiary/aromatic N) is 5. The predicted molar refractivity (Wildman–Crippen MR) is 156 cm³/mol. The van der Waals surface area contributed by atoms with Crippen LogP contribution in [0.3, 0.4) is 0 Å². The lowest BCUT2D eigenvalue weighted by Crippen LogP contribution is -2.38. The molecule has 0 unspecified atom stereocenters. The number of aromatic nitrogens is 4. The third kappa shape index (κ3) is 5.78. The predicted octanol–water partition coefficient (Wildman–Crippen LogP) is 5.07. The molecule has 1 aliphatic heterocycles. The molecule has 6 rings (SSSR count). The van der Waals surface area contributed by atoms with Crippen molar-refractivity contribution in [3.63, 3.8) is 0 Å². The minimum atomic E-state index is -2.63. The Hall–Kier alpha value is -4.12. The topological polar surface area (TPSA) is 111 Å². The number of nitrogens with two attached hydrogens (primary N) is 1. The quantitative estimate of drug-likeness (QED) is 0.317. The standard InChI is InChI=1S/C31H35F2N7O2/c1-42-30-25(29(41)38-24-9-5-8-21(14-24)20-6-3-2-4-7-20)15-22(17-35-30)26-16-23(27-28(34)36-19-37-40(26)27)18-39-12-10-31(32,33)11-13-39/h2-4,6-7,15-17,19,21,24H,5,8-14,18H2,1H3,(H,38,41)(H2,34,36,37)/t21-,24+/m1/s1. The summed E-state index contributed by atoms with van der Waals surface area (Å²) < 4.78 is 34.6. The van der Waals surface area contributed by atoms with Gasteiger partial charge < -0.3 is 15.8 Å². The van der Waals surface area contributed by atoms with Crippen LogP contribution in [0.5, 0.6) is 5.88 Å². The zero-order valence-corrected chi connectivity index (χ0v) is 23.6. The van der Waals surface area contributed by atoms with Crippen LogP contribution in [0.25, 0.3) is 16.8 Å². The van der Waals surface area contributed by atoms with Crippen LogP contribution in [0.4, 0.5) is 14.6 Å². The van der Waals surface area contributed by atoms with Crippen LogP contribution in [0.2, 0.25) is 0 Å². The SMILES string of the molecule is COc1ncc(-c2cc(CN3CCC(F)(F)CC3)c3c(N)ncnn23)cc1C(=O)N[C@H]1CCC[C@@H](c2ccccc2)C1. The highest BCUT2D eigenvalue weighted by atomic mass is 19.3. The van der Waals surface area contributed by atoms with Crippen LogP contribution in [-0.2, 0) is 6.54 Å². The van der Waals surface area contributed by atoms with Crippen molar-refractivity contribution in [2.24, 2.45) is 0 Å². The summed E-state index contributed by atoms with van der Waals surface area (Å²) in [6.07, 6.45) is 6.57. The van der Waals surface area contributed by atoms with Crippen molar-refractivity contribution in [3.8, 4) is 17.1 Å². The highest BCUT2D eigenvalue weighted by Gasteiger charge is 2.34. The maximum atomic E-state index is 13.7. The number of anilines is 1. The number of hydrogen-bond donors (Lipinski definition) is 2. The molecule has 3 aromatic heterocycles. The summed E-state index contributed by atoms with van der Waals surface area (Å²) in [5.41, 5.74) is 10.6. The first-order valence-corrected chi connectivity index (χ1v) is 14.4. The number of likely N-dealkylation sites (tertiary alicyclic amines) is 1. The number of halogens is 2. The van der Waals surface area contributed by atoms with Crippen molar-refractivity contribution in [3.05, 3.63) is 71.7 Å². The van der Waals surface area contributed by atoms with Gasteiger partial charge in [0.2, 0.25) is 5.88 Å². The molecule has 1 aromatic carbocycles. The van der Waals surface area contributed by atoms with E-state index in [2.05, 4.69) is 44.6 Å². The molecule has 2 atom stereocenters. The number of fused-ring (bicyclic) bond motifs is 1. The van der Waals surface area contributed by atoms with Crippen molar-refractivity contribution in [2.45, 2.75) is 63.0 Å². The molecular weight excluding hydrogens is 540 g/mol. The molecule has 4 aromatic rings. The molecule has 1 saturated carbocycles. The Morgan fingerprint density at radius 1 is 1.14 bits per heavy atom. The Morgan fingerprint density at radius 3 is 2.69 bits per heavy atom. The average molecular weight is 576 g/mol. The summed E-state index contributed by atoms with van der Waals surface area (Å²) >= 11 is 0. The smallest absolute Gasteiger partial charge is 0.257 e. The van der Waals surface area contributed by atoms with Gasteiger partial charge in [0.05, 0.1) is 12.8 Å². The second-order valence-electron chi connectivity index (χ2n) is 11.3. The zero-order valence-electron chi connectivity index (χ0n) is 23.6. The van der Waals surface area contributed by atoms with E-state index in [0.717, 1.165) is 31.2 Å². The van der Waals surface area contributed by atoms with Crippen molar-refractivity contribution in [1.82, 2.24) is 29.8 Å². The lowest BCUT2D eigenvalue weighted by atomic mass is 9.81. The summed E-state index contributed by atoms with van der Waals surface area (Å²) in [6.45, 7) is 1.00. The molecule has 0 bridgehead atoms. The number of methoxy groups -OCH3 is 1. The van der Waals surface area contributed by atoms with Crippen LogP contribution < -0.4 is 15.8 Å². The number of carbonyl (C=O) groups excluding carboxylic acids is 1. The minimum absolute atomic E-state index is 0.0370. The van der Waals surface area contributed by atoms with E-state index in [-0.39, 0.29) is 43.8 Å². The highest BCUT2D eigenvalue weighted by molar-refractivity contribution is 5.97. The van der Waals surface area contributed by atoms with E-state index in [1.165, 1.54) is 19.0 Å². The number of nitrogens with one attached hydrogen (secondary N) is 1. The summed E-state index contributed by atoms with van der Waals surface area (Å²) in [5.74, 6) is -1.95. The van der Waals surface area contributed by atoms with Gasteiger partial charge in [-0.2, -0.15) is 5.10 Å². The molecule has 3 N–H and O–H groups in total. The van der Waals surface area contributed by atoms with E-state index in [1.54, 1.807) is 16.8 Å². The normalized spacial score (nSPS) is 20.8. The monoisotopic (exact) mass is 575 g/mol. The Labute approximate surface area is 243 Å². The largest absolute Gasteiger partial charge is 0.480 e. The number of alkyl halides is 2. The Kier molecular flexibility index (Phi) is 7.76. The van der Waals surface area contributed by atoms with E-state index in [9.17, 15) is 13.6 Å². The summed E-state index contributed by atoms with van der Waals surface area (Å²) in [7, 11) is 1.49. The molecule has 4 heterocycles. The van der Waals surface area contributed by atoms with Crippen LogP contribution >= 0.6 is 0 Å². The summed E-state index contributed by atoms with van der Waals surface area (Å²) in [5, 5.41) is 7.65. The molecule has 2 aliphatic rings. The number of amides is 1. The first-order chi connectivity index (χ1) is 20.3. The molecule has 0 spiro atoms. The van der Waals surface area contributed by atoms with Crippen LogP contribution in [0, 0.1) is 0 Å². The molecule has 9 nitrogen and oxygen atoms in total. The fourth-order valence-electron chi connectivity index (χ4n) is 6.28. The lowest BCUT2D eigenvalue weighted by molar-refractivity contribution is -0.0565. The second-order valence-corrected chi connectivity index (χ2v) is 11.3. The van der Waals surface area contributed by atoms with Crippen molar-refractivity contribution in [1.29, 1.82) is 0 Å². The number of carbonyl (C=O) groups is 1. The number of rotatable bonds is 7.